The third-order valence-electron chi connectivity index (χ3n) is 5.00. The molecule has 0 unspecified atom stereocenters. The van der Waals surface area contributed by atoms with Crippen LogP contribution in [0.2, 0.25) is 0 Å². The first-order chi connectivity index (χ1) is 13.7. The highest BCUT2D eigenvalue weighted by Crippen LogP contribution is 2.24. The number of benzene rings is 1. The molecule has 0 spiro atoms. The van der Waals surface area contributed by atoms with Gasteiger partial charge in [-0.1, -0.05) is 6.07 Å². The molecule has 1 aromatic carbocycles. The Labute approximate surface area is 164 Å². The number of likely N-dealkylation sites (N-methyl/N-ethyl adjacent to an activating group) is 1. The number of nitrogens with zero attached hydrogens (tertiary/aromatic N) is 5. The molecule has 28 heavy (non-hydrogen) atoms. The van der Waals surface area contributed by atoms with E-state index in [4.69, 9.17) is 4.74 Å². The van der Waals surface area contributed by atoms with Crippen LogP contribution in [0.3, 0.4) is 0 Å². The summed E-state index contributed by atoms with van der Waals surface area (Å²) in [6.07, 6.45) is 5.33. The largest absolute Gasteiger partial charge is 0.481 e. The van der Waals surface area contributed by atoms with E-state index in [0.29, 0.717) is 11.4 Å². The van der Waals surface area contributed by atoms with Crippen molar-refractivity contribution in [3.8, 4) is 23.0 Å². The average molecular weight is 377 g/mol. The number of carbonyl (C=O) groups excluding carboxylic acids is 1. The van der Waals surface area contributed by atoms with E-state index in [2.05, 4.69) is 21.9 Å². The third-order valence-corrected chi connectivity index (χ3v) is 5.00. The first kappa shape index (κ1) is 18.2. The van der Waals surface area contributed by atoms with Crippen molar-refractivity contribution < 1.29 is 9.53 Å². The zero-order chi connectivity index (χ0) is 19.5. The number of ether oxygens (including phenoxy) is 1. The quantitative estimate of drug-likeness (QED) is 0.698. The minimum absolute atomic E-state index is 0.0715. The van der Waals surface area contributed by atoms with Crippen molar-refractivity contribution in [1.82, 2.24) is 24.3 Å². The predicted octanol–water partition coefficient (Wildman–Crippen LogP) is 2.33. The molecule has 0 saturated carbocycles. The van der Waals surface area contributed by atoms with E-state index < -0.39 is 0 Å². The fourth-order valence-corrected chi connectivity index (χ4v) is 3.37. The molecule has 7 heteroatoms. The first-order valence-electron chi connectivity index (χ1n) is 9.28. The maximum atomic E-state index is 12.9. The Hall–Kier alpha value is -3.19. The molecule has 1 aliphatic rings. The predicted molar refractivity (Wildman–Crippen MR) is 107 cm³/mol. The van der Waals surface area contributed by atoms with Gasteiger partial charge in [0.15, 0.2) is 0 Å². The van der Waals surface area contributed by atoms with Crippen LogP contribution in [0.4, 0.5) is 0 Å². The van der Waals surface area contributed by atoms with Gasteiger partial charge in [0.1, 0.15) is 5.82 Å². The molecular formula is C21H23N5O2. The van der Waals surface area contributed by atoms with Crippen LogP contribution in [0, 0.1) is 0 Å². The number of carbonyl (C=O) groups is 1. The second-order valence-electron chi connectivity index (χ2n) is 6.85. The maximum Gasteiger partial charge on any atom is 0.254 e. The number of aromatic nitrogens is 3. The van der Waals surface area contributed by atoms with Gasteiger partial charge >= 0.3 is 0 Å². The molecule has 1 amide bonds. The second kappa shape index (κ2) is 7.82. The monoisotopic (exact) mass is 377 g/mol. The normalized spacial score (nSPS) is 14.9. The highest BCUT2D eigenvalue weighted by atomic mass is 16.5. The molecule has 7 nitrogen and oxygen atoms in total. The number of piperazine rings is 1. The summed E-state index contributed by atoms with van der Waals surface area (Å²) in [7, 11) is 3.67. The van der Waals surface area contributed by atoms with Crippen LogP contribution in [-0.2, 0) is 0 Å². The fraction of sp³-hybridized carbons (Fsp3) is 0.286. The number of hydrogen-bond donors (Lipinski definition) is 0. The lowest BCUT2D eigenvalue weighted by Crippen LogP contribution is -2.47. The maximum absolute atomic E-state index is 12.9. The Bertz CT molecular complexity index is 976. The SMILES string of the molecule is COc1cc(-c2nccn2-c2cccc(C(=O)N3CCN(C)CC3)c2)ccn1. The van der Waals surface area contributed by atoms with Crippen LogP contribution < -0.4 is 4.74 Å². The molecule has 2 aromatic heterocycles. The molecule has 4 rings (SSSR count). The van der Waals surface area contributed by atoms with Gasteiger partial charge < -0.3 is 14.5 Å². The molecule has 144 valence electrons. The molecule has 1 saturated heterocycles. The molecule has 3 heterocycles. The van der Waals surface area contributed by atoms with Gasteiger partial charge in [-0.15, -0.1) is 0 Å². The van der Waals surface area contributed by atoms with Crippen molar-refractivity contribution in [2.45, 2.75) is 0 Å². The molecule has 0 radical (unpaired) electrons. The van der Waals surface area contributed by atoms with Gasteiger partial charge in [-0.3, -0.25) is 9.36 Å². The second-order valence-corrected chi connectivity index (χ2v) is 6.85. The Balaban J connectivity index is 1.64. The van der Waals surface area contributed by atoms with Crippen LogP contribution in [0.15, 0.2) is 55.0 Å². The van der Waals surface area contributed by atoms with E-state index >= 15 is 0 Å². The Kier molecular flexibility index (Phi) is 5.08. The summed E-state index contributed by atoms with van der Waals surface area (Å²) in [5.74, 6) is 1.37. The smallest absolute Gasteiger partial charge is 0.254 e. The van der Waals surface area contributed by atoms with Crippen molar-refractivity contribution >= 4 is 5.91 Å². The summed E-state index contributed by atoms with van der Waals surface area (Å²) < 4.78 is 7.19. The summed E-state index contributed by atoms with van der Waals surface area (Å²) in [6.45, 7) is 3.32. The minimum Gasteiger partial charge on any atom is -0.481 e. The summed E-state index contributed by atoms with van der Waals surface area (Å²) in [5.41, 5.74) is 2.48. The van der Waals surface area contributed by atoms with E-state index in [0.717, 1.165) is 43.3 Å². The first-order valence-corrected chi connectivity index (χ1v) is 9.28. The Morgan fingerprint density at radius 3 is 2.64 bits per heavy atom. The number of hydrogen-bond acceptors (Lipinski definition) is 5. The van der Waals surface area contributed by atoms with Gasteiger partial charge in [-0.05, 0) is 31.3 Å². The summed E-state index contributed by atoms with van der Waals surface area (Å²) >= 11 is 0. The summed E-state index contributed by atoms with van der Waals surface area (Å²) in [6, 6.07) is 11.4. The zero-order valence-corrected chi connectivity index (χ0v) is 16.1. The Morgan fingerprint density at radius 1 is 1.04 bits per heavy atom. The molecular weight excluding hydrogens is 354 g/mol. The topological polar surface area (TPSA) is 63.5 Å². The number of amides is 1. The van der Waals surface area contributed by atoms with Crippen molar-refractivity contribution in [2.24, 2.45) is 0 Å². The molecule has 3 aromatic rings. The lowest BCUT2D eigenvalue weighted by Gasteiger charge is -2.32. The van der Waals surface area contributed by atoms with Crippen LogP contribution in [0.1, 0.15) is 10.4 Å². The van der Waals surface area contributed by atoms with Gasteiger partial charge in [0.25, 0.3) is 5.91 Å². The fourth-order valence-electron chi connectivity index (χ4n) is 3.37. The summed E-state index contributed by atoms with van der Waals surface area (Å²) in [5, 5.41) is 0. The molecule has 0 aliphatic carbocycles. The van der Waals surface area contributed by atoms with Crippen molar-refractivity contribution in [3.63, 3.8) is 0 Å². The van der Waals surface area contributed by atoms with Gasteiger partial charge in [0, 0.05) is 67.7 Å². The average Bonchev–Trinajstić information content (AvgIpc) is 3.24. The van der Waals surface area contributed by atoms with Gasteiger partial charge in [-0.2, -0.15) is 0 Å². The van der Waals surface area contributed by atoms with Crippen LogP contribution >= 0.6 is 0 Å². The van der Waals surface area contributed by atoms with Gasteiger partial charge in [0.05, 0.1) is 7.11 Å². The van der Waals surface area contributed by atoms with Gasteiger partial charge in [-0.25, -0.2) is 9.97 Å². The van der Waals surface area contributed by atoms with E-state index in [9.17, 15) is 4.79 Å². The number of methoxy groups -OCH3 is 1. The van der Waals surface area contributed by atoms with E-state index in [1.807, 2.05) is 52.1 Å². The van der Waals surface area contributed by atoms with E-state index in [-0.39, 0.29) is 5.91 Å². The highest BCUT2D eigenvalue weighted by Gasteiger charge is 2.21. The molecule has 1 fully saturated rings. The van der Waals surface area contributed by atoms with Crippen molar-refractivity contribution in [3.05, 3.63) is 60.6 Å². The number of pyridine rings is 1. The molecule has 1 aliphatic heterocycles. The highest BCUT2D eigenvalue weighted by molar-refractivity contribution is 5.95. The Morgan fingerprint density at radius 2 is 1.86 bits per heavy atom. The molecule has 0 atom stereocenters. The standard InChI is InChI=1S/C21H23N5O2/c1-24-10-12-25(13-11-24)21(27)17-4-3-5-18(14-17)26-9-8-23-20(26)16-6-7-22-19(15-16)28-2/h3-9,14-15H,10-13H2,1-2H3. The van der Waals surface area contributed by atoms with E-state index in [1.54, 1.807) is 19.5 Å². The minimum atomic E-state index is 0.0715. The summed E-state index contributed by atoms with van der Waals surface area (Å²) in [4.78, 5) is 25.7. The molecule has 0 bridgehead atoms. The van der Waals surface area contributed by atoms with Crippen LogP contribution in [-0.4, -0.2) is 70.6 Å². The number of rotatable bonds is 4. The lowest BCUT2D eigenvalue weighted by atomic mass is 10.1. The third kappa shape index (κ3) is 3.61. The lowest BCUT2D eigenvalue weighted by molar-refractivity contribution is 0.0664. The van der Waals surface area contributed by atoms with Gasteiger partial charge in [0.2, 0.25) is 5.88 Å². The van der Waals surface area contributed by atoms with E-state index in [1.165, 1.54) is 0 Å². The molecule has 0 N–H and O–H groups in total. The number of imidazole rings is 1. The van der Waals surface area contributed by atoms with Crippen molar-refractivity contribution in [1.29, 1.82) is 0 Å². The van der Waals surface area contributed by atoms with Crippen LogP contribution in [0.5, 0.6) is 5.88 Å². The zero-order valence-electron chi connectivity index (χ0n) is 16.1. The van der Waals surface area contributed by atoms with Crippen molar-refractivity contribution in [2.75, 3.05) is 40.3 Å². The van der Waals surface area contributed by atoms with Crippen LogP contribution in [0.25, 0.3) is 17.1 Å².